The van der Waals surface area contributed by atoms with Crippen LogP contribution in [0.4, 0.5) is 0 Å². The van der Waals surface area contributed by atoms with E-state index in [1.54, 1.807) is 0 Å². The molecule has 15 heavy (non-hydrogen) atoms. The van der Waals surface area contributed by atoms with Gasteiger partial charge in [0.1, 0.15) is 6.04 Å². The van der Waals surface area contributed by atoms with E-state index in [2.05, 4.69) is 6.92 Å². The lowest BCUT2D eigenvalue weighted by atomic mass is 9.91. The van der Waals surface area contributed by atoms with E-state index in [0.29, 0.717) is 13.0 Å². The maximum Gasteiger partial charge on any atom is 0.320 e. The molecule has 0 heterocycles. The fraction of sp³-hybridized carbons (Fsp3) is 0.909. The van der Waals surface area contributed by atoms with Crippen molar-refractivity contribution in [1.29, 1.82) is 0 Å². The molecule has 0 aromatic heterocycles. The maximum atomic E-state index is 10.7. The Hall–Kier alpha value is -0.610. The number of hydrogen-bond donors (Lipinski definition) is 3. The molecule has 4 nitrogen and oxygen atoms in total. The first kappa shape index (κ1) is 14.4. The van der Waals surface area contributed by atoms with Crippen LogP contribution in [-0.2, 0) is 4.79 Å². The third-order valence-corrected chi connectivity index (χ3v) is 2.76. The zero-order valence-electron chi connectivity index (χ0n) is 9.61. The Morgan fingerprint density at radius 2 is 1.93 bits per heavy atom. The van der Waals surface area contributed by atoms with Crippen LogP contribution in [0.25, 0.3) is 0 Å². The van der Waals surface area contributed by atoms with E-state index >= 15 is 0 Å². The number of rotatable bonds is 9. The molecule has 2 unspecified atom stereocenters. The first-order valence-electron chi connectivity index (χ1n) is 5.81. The average Bonchev–Trinajstić information content (AvgIpc) is 2.21. The van der Waals surface area contributed by atoms with Crippen LogP contribution in [0.15, 0.2) is 0 Å². The summed E-state index contributed by atoms with van der Waals surface area (Å²) in [5, 5.41) is 8.82. The molecule has 0 saturated carbocycles. The predicted molar refractivity (Wildman–Crippen MR) is 61.5 cm³/mol. The van der Waals surface area contributed by atoms with Crippen molar-refractivity contribution < 1.29 is 9.90 Å². The van der Waals surface area contributed by atoms with E-state index in [9.17, 15) is 4.79 Å². The minimum atomic E-state index is -0.913. The van der Waals surface area contributed by atoms with Gasteiger partial charge in [0.15, 0.2) is 0 Å². The lowest BCUT2D eigenvalue weighted by molar-refractivity contribution is -0.140. The van der Waals surface area contributed by atoms with Crippen molar-refractivity contribution in [2.45, 2.75) is 51.5 Å². The molecule has 0 fully saturated rings. The van der Waals surface area contributed by atoms with Crippen molar-refractivity contribution in [3.63, 3.8) is 0 Å². The molecule has 0 rings (SSSR count). The van der Waals surface area contributed by atoms with Gasteiger partial charge >= 0.3 is 5.97 Å². The normalized spacial score (nSPS) is 14.9. The largest absolute Gasteiger partial charge is 0.480 e. The molecule has 0 spiro atoms. The van der Waals surface area contributed by atoms with Crippen LogP contribution in [0.5, 0.6) is 0 Å². The molecule has 0 aliphatic heterocycles. The van der Waals surface area contributed by atoms with E-state index in [1.165, 1.54) is 12.8 Å². The quantitative estimate of drug-likeness (QED) is 0.507. The fourth-order valence-corrected chi connectivity index (χ4v) is 1.75. The van der Waals surface area contributed by atoms with Crippen molar-refractivity contribution in [3.8, 4) is 0 Å². The van der Waals surface area contributed by atoms with Gasteiger partial charge in [0.05, 0.1) is 0 Å². The highest BCUT2D eigenvalue weighted by Gasteiger charge is 2.22. The molecule has 0 aliphatic rings. The van der Waals surface area contributed by atoms with Gasteiger partial charge in [0.2, 0.25) is 0 Å². The van der Waals surface area contributed by atoms with Gasteiger partial charge < -0.3 is 16.6 Å². The average molecular weight is 216 g/mol. The van der Waals surface area contributed by atoms with Gasteiger partial charge in [-0.25, -0.2) is 0 Å². The molecule has 0 aliphatic carbocycles. The Labute approximate surface area is 92.0 Å². The highest BCUT2D eigenvalue weighted by molar-refractivity contribution is 5.73. The maximum absolute atomic E-state index is 10.7. The molecular weight excluding hydrogens is 192 g/mol. The van der Waals surface area contributed by atoms with Crippen molar-refractivity contribution in [3.05, 3.63) is 0 Å². The second-order valence-electron chi connectivity index (χ2n) is 4.05. The third-order valence-electron chi connectivity index (χ3n) is 2.76. The first-order chi connectivity index (χ1) is 7.13. The third kappa shape index (κ3) is 6.47. The summed E-state index contributed by atoms with van der Waals surface area (Å²) in [5.74, 6) is -0.881. The minimum absolute atomic E-state index is 0.0318. The molecule has 0 aromatic carbocycles. The van der Waals surface area contributed by atoms with Gasteiger partial charge in [-0.1, -0.05) is 32.6 Å². The molecule has 2 atom stereocenters. The zero-order valence-corrected chi connectivity index (χ0v) is 9.61. The van der Waals surface area contributed by atoms with Crippen LogP contribution in [0, 0.1) is 5.92 Å². The molecule has 0 saturated heterocycles. The fourth-order valence-electron chi connectivity index (χ4n) is 1.75. The van der Waals surface area contributed by atoms with Crippen molar-refractivity contribution in [1.82, 2.24) is 0 Å². The van der Waals surface area contributed by atoms with Crippen molar-refractivity contribution >= 4 is 5.97 Å². The van der Waals surface area contributed by atoms with Crippen LogP contribution in [0.3, 0.4) is 0 Å². The number of carbonyl (C=O) groups is 1. The Kier molecular flexibility index (Phi) is 8.33. The molecule has 0 bridgehead atoms. The van der Waals surface area contributed by atoms with E-state index < -0.39 is 12.0 Å². The second-order valence-corrected chi connectivity index (χ2v) is 4.05. The summed E-state index contributed by atoms with van der Waals surface area (Å²) in [6, 6.07) is -0.754. The van der Waals surface area contributed by atoms with Crippen LogP contribution < -0.4 is 11.5 Å². The van der Waals surface area contributed by atoms with Crippen LogP contribution >= 0.6 is 0 Å². The zero-order chi connectivity index (χ0) is 11.7. The van der Waals surface area contributed by atoms with Crippen LogP contribution in [-0.4, -0.2) is 23.7 Å². The molecule has 5 N–H and O–H groups in total. The molecule has 0 amide bonds. The minimum Gasteiger partial charge on any atom is -0.480 e. The molecule has 0 radical (unpaired) electrons. The Bertz CT molecular complexity index is 174. The van der Waals surface area contributed by atoms with Gasteiger partial charge in [-0.05, 0) is 25.3 Å². The summed E-state index contributed by atoms with van der Waals surface area (Å²) in [6.07, 6.45) is 6.19. The van der Waals surface area contributed by atoms with Gasteiger partial charge in [-0.2, -0.15) is 0 Å². The highest BCUT2D eigenvalue weighted by atomic mass is 16.4. The van der Waals surface area contributed by atoms with E-state index in [1.807, 2.05) is 0 Å². The van der Waals surface area contributed by atoms with Crippen LogP contribution in [0.1, 0.15) is 45.4 Å². The van der Waals surface area contributed by atoms with Crippen LogP contribution in [0.2, 0.25) is 0 Å². The Morgan fingerprint density at radius 3 is 2.40 bits per heavy atom. The van der Waals surface area contributed by atoms with Crippen molar-refractivity contribution in [2.75, 3.05) is 6.54 Å². The summed E-state index contributed by atoms with van der Waals surface area (Å²) in [4.78, 5) is 10.7. The van der Waals surface area contributed by atoms with Crippen molar-refractivity contribution in [2.24, 2.45) is 17.4 Å². The summed E-state index contributed by atoms with van der Waals surface area (Å²) in [5.41, 5.74) is 11.1. The number of carboxylic acid groups (broad SMARTS) is 1. The smallest absolute Gasteiger partial charge is 0.320 e. The van der Waals surface area contributed by atoms with Gasteiger partial charge in [-0.3, -0.25) is 4.79 Å². The Morgan fingerprint density at radius 1 is 1.27 bits per heavy atom. The molecule has 90 valence electrons. The van der Waals surface area contributed by atoms with E-state index in [0.717, 1.165) is 19.3 Å². The predicted octanol–water partition coefficient (Wildman–Crippen LogP) is 1.33. The monoisotopic (exact) mass is 216 g/mol. The first-order valence-corrected chi connectivity index (χ1v) is 5.81. The lowest BCUT2D eigenvalue weighted by Gasteiger charge is -2.19. The lowest BCUT2D eigenvalue weighted by Crippen LogP contribution is -2.39. The van der Waals surface area contributed by atoms with Gasteiger partial charge in [-0.15, -0.1) is 0 Å². The molecular formula is C11H24N2O2. The standard InChI is InChI=1S/C11H24N2O2/c1-2-3-4-5-6-9(7-8-12)10(13)11(14)15/h9-10H,2-8,12-13H2,1H3,(H,14,15). The summed E-state index contributed by atoms with van der Waals surface area (Å²) < 4.78 is 0. The van der Waals surface area contributed by atoms with Gasteiger partial charge in [0.25, 0.3) is 0 Å². The number of nitrogens with two attached hydrogens (primary N) is 2. The Balaban J connectivity index is 3.87. The molecule has 4 heteroatoms. The number of hydrogen-bond acceptors (Lipinski definition) is 3. The van der Waals surface area contributed by atoms with E-state index in [-0.39, 0.29) is 5.92 Å². The molecule has 0 aromatic rings. The number of unbranched alkanes of at least 4 members (excludes halogenated alkanes) is 3. The highest BCUT2D eigenvalue weighted by Crippen LogP contribution is 2.17. The second kappa shape index (κ2) is 8.68. The summed E-state index contributed by atoms with van der Waals surface area (Å²) in [6.45, 7) is 2.67. The summed E-state index contributed by atoms with van der Waals surface area (Å²) in [7, 11) is 0. The van der Waals surface area contributed by atoms with E-state index in [4.69, 9.17) is 16.6 Å². The number of aliphatic carboxylic acids is 1. The number of carboxylic acids is 1. The summed E-state index contributed by atoms with van der Waals surface area (Å²) >= 11 is 0. The SMILES string of the molecule is CCCCCCC(CCN)C(N)C(=O)O. The van der Waals surface area contributed by atoms with Gasteiger partial charge in [0, 0.05) is 0 Å². The topological polar surface area (TPSA) is 89.3 Å².